The number of benzene rings is 2. The van der Waals surface area contributed by atoms with Gasteiger partial charge in [-0.05, 0) is 72.7 Å². The molecule has 2 aromatic carbocycles. The van der Waals surface area contributed by atoms with Crippen molar-refractivity contribution in [3.63, 3.8) is 0 Å². The average molecular weight is 486 g/mol. The SMILES string of the molecule is Cc1cc(S(N)(=O)=O)ccc1CN=C(N)Nc1ccc2c(c1)CCC2.I. The maximum atomic E-state index is 11.4. The first-order valence-corrected chi connectivity index (χ1v) is 9.68. The van der Waals surface area contributed by atoms with Gasteiger partial charge >= 0.3 is 0 Å². The van der Waals surface area contributed by atoms with E-state index in [-0.39, 0.29) is 28.9 Å². The van der Waals surface area contributed by atoms with Crippen LogP contribution in [0, 0.1) is 6.92 Å². The van der Waals surface area contributed by atoms with Crippen molar-refractivity contribution < 1.29 is 8.42 Å². The van der Waals surface area contributed by atoms with Gasteiger partial charge in [-0.25, -0.2) is 18.5 Å². The molecule has 26 heavy (non-hydrogen) atoms. The number of anilines is 1. The van der Waals surface area contributed by atoms with Gasteiger partial charge in [-0.2, -0.15) is 0 Å². The van der Waals surface area contributed by atoms with Crippen molar-refractivity contribution in [3.05, 3.63) is 58.7 Å². The fourth-order valence-electron chi connectivity index (χ4n) is 3.03. The summed E-state index contributed by atoms with van der Waals surface area (Å²) in [6.45, 7) is 2.18. The van der Waals surface area contributed by atoms with Crippen LogP contribution in [0.4, 0.5) is 5.69 Å². The molecule has 0 atom stereocenters. The van der Waals surface area contributed by atoms with E-state index < -0.39 is 10.0 Å². The van der Waals surface area contributed by atoms with Gasteiger partial charge in [-0.15, -0.1) is 24.0 Å². The number of nitrogens with one attached hydrogen (secondary N) is 1. The first-order valence-electron chi connectivity index (χ1n) is 8.14. The Kier molecular flexibility index (Phi) is 6.64. The topological polar surface area (TPSA) is 111 Å². The summed E-state index contributed by atoms with van der Waals surface area (Å²) in [5.74, 6) is 0.327. The highest BCUT2D eigenvalue weighted by Crippen LogP contribution is 2.24. The number of rotatable bonds is 4. The predicted molar refractivity (Wildman–Crippen MR) is 115 cm³/mol. The van der Waals surface area contributed by atoms with Crippen molar-refractivity contribution in [2.45, 2.75) is 37.6 Å². The van der Waals surface area contributed by atoms with E-state index in [0.717, 1.165) is 29.7 Å². The second-order valence-electron chi connectivity index (χ2n) is 6.30. The highest BCUT2D eigenvalue weighted by atomic mass is 127. The quantitative estimate of drug-likeness (QED) is 0.351. The summed E-state index contributed by atoms with van der Waals surface area (Å²) < 4.78 is 22.7. The molecule has 0 amide bonds. The van der Waals surface area contributed by atoms with E-state index >= 15 is 0 Å². The summed E-state index contributed by atoms with van der Waals surface area (Å²) in [5, 5.41) is 8.25. The number of aliphatic imine (C=N–C) groups is 1. The van der Waals surface area contributed by atoms with E-state index in [1.54, 1.807) is 12.1 Å². The number of nitrogens with two attached hydrogens (primary N) is 2. The van der Waals surface area contributed by atoms with E-state index in [1.165, 1.54) is 23.6 Å². The van der Waals surface area contributed by atoms with Crippen LogP contribution in [0.1, 0.15) is 28.7 Å². The van der Waals surface area contributed by atoms with Gasteiger partial charge in [0, 0.05) is 5.69 Å². The number of aryl methyl sites for hydroxylation is 3. The molecule has 0 aromatic heterocycles. The molecule has 0 bridgehead atoms. The van der Waals surface area contributed by atoms with E-state index in [9.17, 15) is 8.42 Å². The highest BCUT2D eigenvalue weighted by Gasteiger charge is 2.11. The fraction of sp³-hybridized carbons (Fsp3) is 0.278. The third-order valence-electron chi connectivity index (χ3n) is 4.43. The van der Waals surface area contributed by atoms with E-state index in [1.807, 2.05) is 13.0 Å². The molecule has 5 N–H and O–H groups in total. The number of nitrogens with zero attached hydrogens (tertiary/aromatic N) is 1. The monoisotopic (exact) mass is 486 g/mol. The molecule has 0 unspecified atom stereocenters. The molecule has 3 rings (SSSR count). The Hall–Kier alpha value is -1.65. The van der Waals surface area contributed by atoms with Crippen molar-refractivity contribution in [3.8, 4) is 0 Å². The summed E-state index contributed by atoms with van der Waals surface area (Å²) in [4.78, 5) is 4.44. The van der Waals surface area contributed by atoms with Crippen molar-refractivity contribution in [1.29, 1.82) is 0 Å². The van der Waals surface area contributed by atoms with Crippen molar-refractivity contribution >= 4 is 45.6 Å². The van der Waals surface area contributed by atoms with Crippen LogP contribution in [0.2, 0.25) is 0 Å². The minimum atomic E-state index is -3.69. The van der Waals surface area contributed by atoms with E-state index in [0.29, 0.717) is 12.5 Å². The zero-order chi connectivity index (χ0) is 18.0. The van der Waals surface area contributed by atoms with Crippen LogP contribution in [0.3, 0.4) is 0 Å². The van der Waals surface area contributed by atoms with Gasteiger partial charge in [0.15, 0.2) is 5.96 Å². The Morgan fingerprint density at radius 1 is 1.15 bits per heavy atom. The number of halogens is 1. The maximum Gasteiger partial charge on any atom is 0.238 e. The Labute approximate surface area is 171 Å². The normalized spacial score (nSPS) is 13.8. The number of sulfonamides is 1. The number of primary sulfonamides is 1. The molecule has 0 spiro atoms. The van der Waals surface area contributed by atoms with Crippen LogP contribution in [0.15, 0.2) is 46.3 Å². The molecule has 140 valence electrons. The first-order chi connectivity index (χ1) is 11.8. The minimum absolute atomic E-state index is 0. The lowest BCUT2D eigenvalue weighted by atomic mass is 10.1. The van der Waals surface area contributed by atoms with Gasteiger partial charge in [0.1, 0.15) is 0 Å². The summed E-state index contributed by atoms with van der Waals surface area (Å²) >= 11 is 0. The molecule has 0 fully saturated rings. The van der Waals surface area contributed by atoms with Crippen LogP contribution in [-0.2, 0) is 29.4 Å². The van der Waals surface area contributed by atoms with Gasteiger partial charge in [0.05, 0.1) is 11.4 Å². The van der Waals surface area contributed by atoms with Gasteiger partial charge < -0.3 is 11.1 Å². The summed E-state index contributed by atoms with van der Waals surface area (Å²) in [6.07, 6.45) is 3.46. The van der Waals surface area contributed by atoms with E-state index in [4.69, 9.17) is 10.9 Å². The molecule has 2 aromatic rings. The zero-order valence-electron chi connectivity index (χ0n) is 14.5. The third kappa shape index (κ3) is 4.95. The molecule has 0 aliphatic heterocycles. The van der Waals surface area contributed by atoms with Crippen LogP contribution in [0.25, 0.3) is 0 Å². The molecule has 1 aliphatic carbocycles. The lowest BCUT2D eigenvalue weighted by molar-refractivity contribution is 0.597. The second kappa shape index (κ2) is 8.36. The maximum absolute atomic E-state index is 11.4. The highest BCUT2D eigenvalue weighted by molar-refractivity contribution is 14.0. The molecule has 6 nitrogen and oxygen atoms in total. The fourth-order valence-corrected chi connectivity index (χ4v) is 3.63. The number of hydrogen-bond donors (Lipinski definition) is 3. The Bertz CT molecular complexity index is 942. The average Bonchev–Trinajstić information content (AvgIpc) is 3.00. The molecular formula is C18H23IN4O2S. The van der Waals surface area contributed by atoms with Crippen molar-refractivity contribution in [2.24, 2.45) is 15.9 Å². The van der Waals surface area contributed by atoms with Gasteiger partial charge in [0.25, 0.3) is 0 Å². The standard InChI is InChI=1S/C18H22N4O2S.HI/c1-12-9-17(25(20,23)24)8-6-15(12)11-21-18(19)22-16-7-5-13-3-2-4-14(13)10-16;/h5-10H,2-4,11H2,1H3,(H3,19,21,22)(H2,20,23,24);1H. The number of fused-ring (bicyclic) bond motifs is 1. The minimum Gasteiger partial charge on any atom is -0.370 e. The Morgan fingerprint density at radius 2 is 1.88 bits per heavy atom. The molecular weight excluding hydrogens is 463 g/mol. The van der Waals surface area contributed by atoms with Gasteiger partial charge in [-0.3, -0.25) is 0 Å². The molecule has 0 saturated heterocycles. The molecule has 1 aliphatic rings. The molecule has 8 heteroatoms. The Morgan fingerprint density at radius 3 is 2.58 bits per heavy atom. The van der Waals surface area contributed by atoms with Crippen LogP contribution in [0.5, 0.6) is 0 Å². The Balaban J connectivity index is 0.00000243. The molecule has 0 radical (unpaired) electrons. The van der Waals surface area contributed by atoms with Crippen molar-refractivity contribution in [2.75, 3.05) is 5.32 Å². The van der Waals surface area contributed by atoms with E-state index in [2.05, 4.69) is 22.4 Å². The largest absolute Gasteiger partial charge is 0.370 e. The first kappa shape index (κ1) is 20.7. The van der Waals surface area contributed by atoms with Gasteiger partial charge in [0.2, 0.25) is 10.0 Å². The molecule has 0 heterocycles. The summed E-state index contributed by atoms with van der Waals surface area (Å²) in [5.41, 5.74) is 11.4. The van der Waals surface area contributed by atoms with Crippen molar-refractivity contribution in [1.82, 2.24) is 0 Å². The summed E-state index contributed by atoms with van der Waals surface area (Å²) in [6, 6.07) is 11.0. The molecule has 0 saturated carbocycles. The van der Waals surface area contributed by atoms with Crippen LogP contribution < -0.4 is 16.2 Å². The van der Waals surface area contributed by atoms with Crippen LogP contribution in [-0.4, -0.2) is 14.4 Å². The number of hydrogen-bond acceptors (Lipinski definition) is 3. The lowest BCUT2D eigenvalue weighted by Crippen LogP contribution is -2.22. The number of guanidine groups is 1. The predicted octanol–water partition coefficient (Wildman–Crippen LogP) is 2.68. The summed E-state index contributed by atoms with van der Waals surface area (Å²) in [7, 11) is -3.69. The zero-order valence-corrected chi connectivity index (χ0v) is 17.7. The van der Waals surface area contributed by atoms with Gasteiger partial charge in [-0.1, -0.05) is 12.1 Å². The second-order valence-corrected chi connectivity index (χ2v) is 7.86. The smallest absolute Gasteiger partial charge is 0.238 e. The third-order valence-corrected chi connectivity index (χ3v) is 5.34. The lowest BCUT2D eigenvalue weighted by Gasteiger charge is -2.09. The van der Waals surface area contributed by atoms with Crippen LogP contribution >= 0.6 is 24.0 Å².